The van der Waals surface area contributed by atoms with Crippen molar-refractivity contribution >= 4 is 0 Å². The van der Waals surface area contributed by atoms with E-state index in [1.165, 1.54) is 5.56 Å². The molecular formula is C15H16Li-. The van der Waals surface area contributed by atoms with E-state index in [-0.39, 0.29) is 18.9 Å². The molecule has 0 aromatic heterocycles. The van der Waals surface area contributed by atoms with Crippen molar-refractivity contribution in [2.24, 2.45) is 0 Å². The number of rotatable bonds is 1. The van der Waals surface area contributed by atoms with E-state index in [0.717, 1.165) is 12.0 Å². The van der Waals surface area contributed by atoms with Gasteiger partial charge in [-0.05, 0) is 0 Å². The molecular weight excluding hydrogens is 187 g/mol. The van der Waals surface area contributed by atoms with Gasteiger partial charge in [0.2, 0.25) is 0 Å². The Morgan fingerprint density at radius 2 is 1.19 bits per heavy atom. The van der Waals surface area contributed by atoms with Gasteiger partial charge in [0.1, 0.15) is 0 Å². The maximum Gasteiger partial charge on any atom is 1.00 e. The minimum atomic E-state index is 0. The molecule has 16 heavy (non-hydrogen) atoms. The summed E-state index contributed by atoms with van der Waals surface area (Å²) in [4.78, 5) is 0. The quantitative estimate of drug-likeness (QED) is 0.478. The average Bonchev–Trinajstić information content (AvgIpc) is 2.32. The maximum atomic E-state index is 3.76. The molecule has 0 aliphatic rings. The summed E-state index contributed by atoms with van der Waals surface area (Å²) in [6.07, 6.45) is 0.890. The van der Waals surface area contributed by atoms with Crippen molar-refractivity contribution in [3.8, 4) is 0 Å². The predicted octanol–water partition coefficient (Wildman–Crippen LogP) is 0.936. The third kappa shape index (κ3) is 6.40. The second-order valence-electron chi connectivity index (χ2n) is 3.22. The Morgan fingerprint density at radius 3 is 1.44 bits per heavy atom. The molecule has 0 unspecified atom stereocenters. The summed E-state index contributed by atoms with van der Waals surface area (Å²) in [7, 11) is 0. The van der Waals surface area contributed by atoms with Gasteiger partial charge in [0, 0.05) is 0 Å². The van der Waals surface area contributed by atoms with Crippen LogP contribution in [0.5, 0.6) is 0 Å². The van der Waals surface area contributed by atoms with Crippen LogP contribution in [0.15, 0.2) is 60.7 Å². The number of hydrogen-bond acceptors (Lipinski definition) is 0. The van der Waals surface area contributed by atoms with Crippen molar-refractivity contribution in [1.82, 2.24) is 0 Å². The summed E-state index contributed by atoms with van der Waals surface area (Å²) in [5.74, 6) is 0. The molecule has 0 spiro atoms. The molecule has 0 saturated carbocycles. The zero-order valence-electron chi connectivity index (χ0n) is 9.89. The molecule has 0 N–H and O–H groups in total. The molecule has 0 radical (unpaired) electrons. The maximum absolute atomic E-state index is 3.76. The van der Waals surface area contributed by atoms with E-state index < -0.39 is 0 Å². The van der Waals surface area contributed by atoms with Gasteiger partial charge >= 0.3 is 18.9 Å². The average molecular weight is 203 g/mol. The summed E-state index contributed by atoms with van der Waals surface area (Å²) in [5.41, 5.74) is 2.37. The van der Waals surface area contributed by atoms with Crippen LogP contribution in [0.4, 0.5) is 0 Å². The summed E-state index contributed by atoms with van der Waals surface area (Å²) in [6, 6.07) is 20.1. The minimum Gasteiger partial charge on any atom is -0.339 e. The van der Waals surface area contributed by atoms with Crippen LogP contribution in [0.2, 0.25) is 0 Å². The Kier molecular flexibility index (Phi) is 8.53. The van der Waals surface area contributed by atoms with E-state index in [0.29, 0.717) is 0 Å². The van der Waals surface area contributed by atoms with Crippen molar-refractivity contribution in [2.45, 2.75) is 6.42 Å². The van der Waals surface area contributed by atoms with Gasteiger partial charge in [-0.25, -0.2) is 0 Å². The molecule has 0 amide bonds. The van der Waals surface area contributed by atoms with Gasteiger partial charge in [-0.15, -0.1) is 12.1 Å². The SMILES string of the molecule is [CH2-]Cc1ccccc1.[CH2-]c1ccccc1.[Li+]. The van der Waals surface area contributed by atoms with E-state index in [2.05, 4.69) is 26.0 Å². The molecule has 0 aliphatic heterocycles. The van der Waals surface area contributed by atoms with Gasteiger partial charge in [-0.3, -0.25) is 0 Å². The zero-order valence-corrected chi connectivity index (χ0v) is 9.89. The Labute approximate surface area is 111 Å². The van der Waals surface area contributed by atoms with Crippen LogP contribution in [-0.4, -0.2) is 0 Å². The molecule has 0 heterocycles. The molecule has 78 valence electrons. The van der Waals surface area contributed by atoms with Crippen molar-refractivity contribution in [3.05, 3.63) is 85.6 Å². The van der Waals surface area contributed by atoms with Crippen molar-refractivity contribution < 1.29 is 18.9 Å². The third-order valence-electron chi connectivity index (χ3n) is 1.97. The standard InChI is InChI=1S/C8H9.C7H7.Li/c1-2-8-6-4-3-5-7-8;1-7-5-3-2-4-6-7;/h3-7H,1-2H2;2-6H,1H2;/q2*-1;+1. The first kappa shape index (κ1) is 14.9. The number of benzene rings is 2. The molecule has 0 saturated heterocycles. The van der Waals surface area contributed by atoms with E-state index in [4.69, 9.17) is 0 Å². The predicted molar refractivity (Wildman–Crippen MR) is 66.4 cm³/mol. The first-order valence-corrected chi connectivity index (χ1v) is 5.03. The summed E-state index contributed by atoms with van der Waals surface area (Å²) < 4.78 is 0. The third-order valence-corrected chi connectivity index (χ3v) is 1.97. The van der Waals surface area contributed by atoms with Gasteiger partial charge in [-0.2, -0.15) is 31.0 Å². The van der Waals surface area contributed by atoms with Crippen LogP contribution in [0.25, 0.3) is 0 Å². The van der Waals surface area contributed by atoms with Gasteiger partial charge in [0.05, 0.1) is 0 Å². The summed E-state index contributed by atoms with van der Waals surface area (Å²) in [5, 5.41) is 0. The Hall–Kier alpha value is -1.09. The van der Waals surface area contributed by atoms with Crippen LogP contribution in [0.3, 0.4) is 0 Å². The van der Waals surface area contributed by atoms with Crippen LogP contribution in [-0.2, 0) is 6.42 Å². The van der Waals surface area contributed by atoms with Crippen molar-refractivity contribution in [1.29, 1.82) is 0 Å². The smallest absolute Gasteiger partial charge is 0.339 e. The van der Waals surface area contributed by atoms with Crippen molar-refractivity contribution in [3.63, 3.8) is 0 Å². The molecule has 2 aromatic rings. The Bertz CT molecular complexity index is 354. The Balaban J connectivity index is 0.000000267. The molecule has 2 rings (SSSR count). The summed E-state index contributed by atoms with van der Waals surface area (Å²) >= 11 is 0. The van der Waals surface area contributed by atoms with Crippen molar-refractivity contribution in [2.75, 3.05) is 0 Å². The fourth-order valence-electron chi connectivity index (χ4n) is 1.12. The van der Waals surface area contributed by atoms with E-state index in [1.54, 1.807) is 0 Å². The number of hydrogen-bond donors (Lipinski definition) is 0. The van der Waals surface area contributed by atoms with E-state index >= 15 is 0 Å². The van der Waals surface area contributed by atoms with Crippen LogP contribution in [0, 0.1) is 13.8 Å². The fraction of sp³-hybridized carbons (Fsp3) is 0.0667. The topological polar surface area (TPSA) is 0 Å². The van der Waals surface area contributed by atoms with Crippen LogP contribution in [0.1, 0.15) is 11.1 Å². The monoisotopic (exact) mass is 203 g/mol. The van der Waals surface area contributed by atoms with Gasteiger partial charge in [0.15, 0.2) is 0 Å². The first-order chi connectivity index (χ1) is 7.33. The normalized spacial score (nSPS) is 8.31. The first-order valence-electron chi connectivity index (χ1n) is 5.03. The molecule has 0 atom stereocenters. The largest absolute Gasteiger partial charge is 1.00 e. The minimum absolute atomic E-state index is 0. The summed E-state index contributed by atoms with van der Waals surface area (Å²) in [6.45, 7) is 7.48. The Morgan fingerprint density at radius 1 is 0.750 bits per heavy atom. The van der Waals surface area contributed by atoms with Gasteiger partial charge in [0.25, 0.3) is 0 Å². The molecule has 0 bridgehead atoms. The van der Waals surface area contributed by atoms with Gasteiger partial charge in [-0.1, -0.05) is 42.0 Å². The van der Waals surface area contributed by atoms with E-state index in [1.807, 2.05) is 48.5 Å². The molecule has 1 heteroatoms. The zero-order chi connectivity index (χ0) is 10.9. The second-order valence-corrected chi connectivity index (χ2v) is 3.22. The molecule has 0 fully saturated rings. The molecule has 2 aromatic carbocycles. The van der Waals surface area contributed by atoms with Crippen LogP contribution >= 0.6 is 0 Å². The molecule has 0 aliphatic carbocycles. The second kappa shape index (κ2) is 9.16. The fourth-order valence-corrected chi connectivity index (χ4v) is 1.12. The van der Waals surface area contributed by atoms with Crippen LogP contribution < -0.4 is 18.9 Å². The van der Waals surface area contributed by atoms with E-state index in [9.17, 15) is 0 Å². The van der Waals surface area contributed by atoms with Gasteiger partial charge < -0.3 is 6.92 Å². The molecule has 0 nitrogen and oxygen atoms in total.